The highest BCUT2D eigenvalue weighted by Gasteiger charge is 2.07. The van der Waals surface area contributed by atoms with Crippen LogP contribution in [-0.2, 0) is 16.6 Å². The first-order chi connectivity index (χ1) is 10.4. The molecule has 0 spiro atoms. The minimum Gasteiger partial charge on any atom is -0.357 e. The van der Waals surface area contributed by atoms with Gasteiger partial charge in [0.1, 0.15) is 0 Å². The number of benzene rings is 1. The molecule has 6 nitrogen and oxygen atoms in total. The lowest BCUT2D eigenvalue weighted by atomic mass is 10.2. The van der Waals surface area contributed by atoms with Crippen molar-refractivity contribution in [2.45, 2.75) is 39.8 Å². The Morgan fingerprint density at radius 3 is 2.55 bits per heavy atom. The fraction of sp³-hybridized carbons (Fsp3) is 0.533. The molecule has 1 aromatic rings. The second-order valence-corrected chi connectivity index (χ2v) is 6.93. The predicted octanol–water partition coefficient (Wildman–Crippen LogP) is 1.91. The first-order valence-corrected chi connectivity index (χ1v) is 9.35. The molecule has 1 unspecified atom stereocenters. The SMILES string of the molecule is CCNC(=NCc1ccccc1NS(C)(=O)=O)NC(C)CC. The summed E-state index contributed by atoms with van der Waals surface area (Å²) in [5, 5.41) is 6.49. The minimum atomic E-state index is -3.30. The number of hydrogen-bond donors (Lipinski definition) is 3. The van der Waals surface area contributed by atoms with Crippen molar-refractivity contribution in [1.82, 2.24) is 10.6 Å². The third kappa shape index (κ3) is 6.80. The van der Waals surface area contributed by atoms with Crippen molar-refractivity contribution < 1.29 is 8.42 Å². The van der Waals surface area contributed by atoms with Crippen LogP contribution in [0, 0.1) is 0 Å². The van der Waals surface area contributed by atoms with Gasteiger partial charge in [0.15, 0.2) is 5.96 Å². The third-order valence-corrected chi connectivity index (χ3v) is 3.65. The van der Waals surface area contributed by atoms with E-state index in [1.54, 1.807) is 12.1 Å². The molecule has 22 heavy (non-hydrogen) atoms. The van der Waals surface area contributed by atoms with E-state index in [-0.39, 0.29) is 0 Å². The molecular weight excluding hydrogens is 300 g/mol. The molecule has 0 bridgehead atoms. The Labute approximate surface area is 133 Å². The summed E-state index contributed by atoms with van der Waals surface area (Å²) in [7, 11) is -3.30. The number of sulfonamides is 1. The first kappa shape index (κ1) is 18.3. The van der Waals surface area contributed by atoms with Crippen LogP contribution in [0.4, 0.5) is 5.69 Å². The molecule has 0 fully saturated rings. The van der Waals surface area contributed by atoms with Crippen LogP contribution >= 0.6 is 0 Å². The Kier molecular flexibility index (Phi) is 7.17. The van der Waals surface area contributed by atoms with E-state index in [9.17, 15) is 8.42 Å². The number of guanidine groups is 1. The molecule has 1 atom stereocenters. The van der Waals surface area contributed by atoms with E-state index in [1.165, 1.54) is 0 Å². The Balaban J connectivity index is 2.89. The highest BCUT2D eigenvalue weighted by Crippen LogP contribution is 2.17. The van der Waals surface area contributed by atoms with Gasteiger partial charge < -0.3 is 10.6 Å². The van der Waals surface area contributed by atoms with Crippen LogP contribution < -0.4 is 15.4 Å². The van der Waals surface area contributed by atoms with Crippen LogP contribution in [0.3, 0.4) is 0 Å². The summed E-state index contributed by atoms with van der Waals surface area (Å²) in [4.78, 5) is 4.52. The lowest BCUT2D eigenvalue weighted by Gasteiger charge is -2.16. The quantitative estimate of drug-likeness (QED) is 0.528. The van der Waals surface area contributed by atoms with Crippen LogP contribution in [0.25, 0.3) is 0 Å². The Hall–Kier alpha value is -1.76. The van der Waals surface area contributed by atoms with Gasteiger partial charge >= 0.3 is 0 Å². The fourth-order valence-electron chi connectivity index (χ4n) is 1.78. The van der Waals surface area contributed by atoms with Crippen molar-refractivity contribution in [2.75, 3.05) is 17.5 Å². The topological polar surface area (TPSA) is 82.6 Å². The van der Waals surface area contributed by atoms with Gasteiger partial charge in [0.2, 0.25) is 10.0 Å². The molecular formula is C15H26N4O2S. The zero-order valence-electron chi connectivity index (χ0n) is 13.7. The van der Waals surface area contributed by atoms with Gasteiger partial charge in [-0.2, -0.15) is 0 Å². The molecule has 0 amide bonds. The molecule has 3 N–H and O–H groups in total. The number of nitrogens with zero attached hydrogens (tertiary/aromatic N) is 1. The Morgan fingerprint density at radius 2 is 1.95 bits per heavy atom. The van der Waals surface area contributed by atoms with Crippen LogP contribution in [0.2, 0.25) is 0 Å². The highest BCUT2D eigenvalue weighted by atomic mass is 32.2. The summed E-state index contributed by atoms with van der Waals surface area (Å²) < 4.78 is 25.3. The maximum absolute atomic E-state index is 11.4. The molecule has 7 heteroatoms. The van der Waals surface area contributed by atoms with Crippen molar-refractivity contribution in [1.29, 1.82) is 0 Å². The number of anilines is 1. The summed E-state index contributed by atoms with van der Waals surface area (Å²) in [5.41, 5.74) is 1.39. The molecule has 0 saturated carbocycles. The minimum absolute atomic E-state index is 0.321. The molecule has 0 aliphatic carbocycles. The second kappa shape index (κ2) is 8.63. The standard InChI is InChI=1S/C15H26N4O2S/c1-5-12(3)18-15(16-6-2)17-11-13-9-7-8-10-14(13)19-22(4,20)21/h7-10,12,19H,5-6,11H2,1-4H3,(H2,16,17,18). The van der Waals surface area contributed by atoms with Gasteiger partial charge in [0, 0.05) is 12.6 Å². The summed E-state index contributed by atoms with van der Waals surface area (Å²) in [6.45, 7) is 7.36. The lowest BCUT2D eigenvalue weighted by molar-refractivity contribution is 0.606. The predicted molar refractivity (Wildman–Crippen MR) is 92.6 cm³/mol. The summed E-state index contributed by atoms with van der Waals surface area (Å²) in [5.74, 6) is 0.728. The van der Waals surface area contributed by atoms with Crippen molar-refractivity contribution in [2.24, 2.45) is 4.99 Å². The van der Waals surface area contributed by atoms with Gasteiger partial charge in [0.25, 0.3) is 0 Å². The van der Waals surface area contributed by atoms with Gasteiger partial charge in [-0.25, -0.2) is 13.4 Å². The Bertz CT molecular complexity index is 599. The molecule has 0 saturated heterocycles. The number of para-hydroxylation sites is 1. The van der Waals surface area contributed by atoms with Crippen LogP contribution in [0.1, 0.15) is 32.8 Å². The maximum Gasteiger partial charge on any atom is 0.229 e. The van der Waals surface area contributed by atoms with Gasteiger partial charge in [-0.05, 0) is 31.9 Å². The zero-order valence-corrected chi connectivity index (χ0v) is 14.5. The lowest BCUT2D eigenvalue weighted by Crippen LogP contribution is -2.41. The molecule has 0 aliphatic rings. The summed E-state index contributed by atoms with van der Waals surface area (Å²) in [6.07, 6.45) is 2.14. The monoisotopic (exact) mass is 326 g/mol. The molecule has 1 rings (SSSR count). The van der Waals surface area contributed by atoms with E-state index < -0.39 is 10.0 Å². The van der Waals surface area contributed by atoms with E-state index in [1.807, 2.05) is 19.1 Å². The Morgan fingerprint density at radius 1 is 1.27 bits per heavy atom. The average Bonchev–Trinajstić information content (AvgIpc) is 2.44. The molecule has 0 radical (unpaired) electrons. The van der Waals surface area contributed by atoms with Gasteiger partial charge in [0.05, 0.1) is 18.5 Å². The number of nitrogens with one attached hydrogen (secondary N) is 3. The van der Waals surface area contributed by atoms with Crippen LogP contribution in [0.15, 0.2) is 29.3 Å². The highest BCUT2D eigenvalue weighted by molar-refractivity contribution is 7.92. The van der Waals surface area contributed by atoms with Gasteiger partial charge in [-0.1, -0.05) is 25.1 Å². The number of hydrogen-bond acceptors (Lipinski definition) is 3. The second-order valence-electron chi connectivity index (χ2n) is 5.18. The van der Waals surface area contributed by atoms with E-state index in [4.69, 9.17) is 0 Å². The molecule has 1 aromatic carbocycles. The van der Waals surface area contributed by atoms with Crippen LogP contribution in [-0.4, -0.2) is 33.2 Å². The van der Waals surface area contributed by atoms with Crippen molar-refractivity contribution >= 4 is 21.7 Å². The van der Waals surface area contributed by atoms with Crippen molar-refractivity contribution in [3.8, 4) is 0 Å². The van der Waals surface area contributed by atoms with E-state index in [2.05, 4.69) is 34.2 Å². The smallest absolute Gasteiger partial charge is 0.229 e. The largest absolute Gasteiger partial charge is 0.357 e. The summed E-state index contributed by atoms with van der Waals surface area (Å²) >= 11 is 0. The number of rotatable bonds is 7. The fourth-order valence-corrected chi connectivity index (χ4v) is 2.38. The van der Waals surface area contributed by atoms with E-state index in [0.29, 0.717) is 18.3 Å². The maximum atomic E-state index is 11.4. The molecule has 0 aromatic heterocycles. The normalized spacial score (nSPS) is 13.5. The zero-order chi connectivity index (χ0) is 16.6. The van der Waals surface area contributed by atoms with E-state index >= 15 is 0 Å². The van der Waals surface area contributed by atoms with Crippen LogP contribution in [0.5, 0.6) is 0 Å². The molecule has 124 valence electrons. The van der Waals surface area contributed by atoms with Crippen molar-refractivity contribution in [3.63, 3.8) is 0 Å². The van der Waals surface area contributed by atoms with Crippen molar-refractivity contribution in [3.05, 3.63) is 29.8 Å². The van der Waals surface area contributed by atoms with Gasteiger partial charge in [-0.3, -0.25) is 4.72 Å². The molecule has 0 heterocycles. The van der Waals surface area contributed by atoms with E-state index in [0.717, 1.165) is 30.7 Å². The summed E-state index contributed by atoms with van der Waals surface area (Å²) in [6, 6.07) is 7.59. The first-order valence-electron chi connectivity index (χ1n) is 7.46. The molecule has 0 aliphatic heterocycles. The third-order valence-electron chi connectivity index (χ3n) is 3.06. The van der Waals surface area contributed by atoms with Gasteiger partial charge in [-0.15, -0.1) is 0 Å². The number of aliphatic imine (C=N–C) groups is 1. The average molecular weight is 326 g/mol.